The molecule has 0 unspecified atom stereocenters. The highest BCUT2D eigenvalue weighted by Crippen LogP contribution is 2.51. The topological polar surface area (TPSA) is 49.6 Å². The Kier molecular flexibility index (Phi) is 6.05. The molecule has 19 heavy (non-hydrogen) atoms. The quantitative estimate of drug-likeness (QED) is 0.617. The zero-order valence-corrected chi connectivity index (χ0v) is 13.4. The Morgan fingerprint density at radius 1 is 1.00 bits per heavy atom. The van der Waals surface area contributed by atoms with Crippen LogP contribution in [0.2, 0.25) is 0 Å². The van der Waals surface area contributed by atoms with Crippen molar-refractivity contribution >= 4 is 18.4 Å². The van der Waals surface area contributed by atoms with Crippen LogP contribution in [-0.4, -0.2) is 35.5 Å². The highest BCUT2D eigenvalue weighted by molar-refractivity contribution is 7.67. The van der Waals surface area contributed by atoms with Gasteiger partial charge in [-0.3, -0.25) is 4.57 Å². The summed E-state index contributed by atoms with van der Waals surface area (Å²) in [7, 11) is -2.73. The Labute approximate surface area is 117 Å². The zero-order valence-electron chi connectivity index (χ0n) is 12.5. The van der Waals surface area contributed by atoms with E-state index in [0.717, 1.165) is 31.5 Å². The molecule has 4 nitrogen and oxygen atoms in total. The average Bonchev–Trinajstić information content (AvgIpc) is 2.41. The summed E-state index contributed by atoms with van der Waals surface area (Å²) in [6, 6.07) is 7.48. The van der Waals surface area contributed by atoms with Gasteiger partial charge in [0, 0.05) is 37.2 Å². The molecule has 1 aromatic rings. The van der Waals surface area contributed by atoms with Crippen LogP contribution in [-0.2, 0) is 4.57 Å². The van der Waals surface area contributed by atoms with Gasteiger partial charge in [0.15, 0.2) is 0 Å². The van der Waals surface area contributed by atoms with Crippen molar-refractivity contribution in [1.29, 1.82) is 0 Å². The van der Waals surface area contributed by atoms with Gasteiger partial charge in [0.05, 0.1) is 0 Å². The van der Waals surface area contributed by atoms with E-state index in [1.807, 2.05) is 52.0 Å². The van der Waals surface area contributed by atoms with E-state index in [1.165, 1.54) is 0 Å². The number of rotatable bonds is 7. The molecule has 1 aromatic carbocycles. The number of nitrogen functional groups attached to an aromatic ring is 1. The van der Waals surface area contributed by atoms with E-state index in [4.69, 9.17) is 5.73 Å². The van der Waals surface area contributed by atoms with Crippen molar-refractivity contribution in [3.63, 3.8) is 0 Å². The van der Waals surface area contributed by atoms with E-state index in [-0.39, 0.29) is 0 Å². The second-order valence-corrected chi connectivity index (χ2v) is 7.15. The van der Waals surface area contributed by atoms with E-state index < -0.39 is 7.44 Å². The third-order valence-corrected chi connectivity index (χ3v) is 7.05. The summed E-state index contributed by atoms with van der Waals surface area (Å²) in [5.74, 6) is 0. The van der Waals surface area contributed by atoms with Gasteiger partial charge in [-0.05, 0) is 18.2 Å². The molecule has 2 N–H and O–H groups in total. The molecule has 0 aromatic heterocycles. The number of hydrogen-bond donors (Lipinski definition) is 1. The molecule has 0 heterocycles. The van der Waals surface area contributed by atoms with Crippen molar-refractivity contribution < 1.29 is 4.57 Å². The smallest absolute Gasteiger partial charge is 0.245 e. The summed E-state index contributed by atoms with van der Waals surface area (Å²) >= 11 is 0. The van der Waals surface area contributed by atoms with Crippen molar-refractivity contribution in [3.05, 3.63) is 24.3 Å². The third kappa shape index (κ3) is 3.19. The van der Waals surface area contributed by atoms with E-state index in [2.05, 4.69) is 9.34 Å². The predicted octanol–water partition coefficient (Wildman–Crippen LogP) is 2.77. The van der Waals surface area contributed by atoms with Gasteiger partial charge in [0.1, 0.15) is 0 Å². The molecule has 0 saturated heterocycles. The summed E-state index contributed by atoms with van der Waals surface area (Å²) in [6.07, 6.45) is 0. The monoisotopic (exact) mass is 283 g/mol. The Morgan fingerprint density at radius 3 is 1.84 bits per heavy atom. The van der Waals surface area contributed by atoms with Gasteiger partial charge in [0.2, 0.25) is 7.44 Å². The van der Waals surface area contributed by atoms with Gasteiger partial charge >= 0.3 is 0 Å². The van der Waals surface area contributed by atoms with Crippen LogP contribution >= 0.6 is 7.44 Å². The summed E-state index contributed by atoms with van der Waals surface area (Å²) in [5.41, 5.74) is 6.53. The zero-order chi connectivity index (χ0) is 14.5. The molecule has 0 aliphatic heterocycles. The van der Waals surface area contributed by atoms with Crippen molar-refractivity contribution in [2.24, 2.45) is 0 Å². The van der Waals surface area contributed by atoms with Crippen molar-refractivity contribution in [1.82, 2.24) is 9.34 Å². The van der Waals surface area contributed by atoms with Crippen LogP contribution in [0.15, 0.2) is 24.3 Å². The van der Waals surface area contributed by atoms with Crippen LogP contribution in [0.1, 0.15) is 27.7 Å². The number of anilines is 1. The number of nitrogens with two attached hydrogens (primary N) is 1. The SMILES string of the molecule is CCN(CC)P(=O)(c1cccc(N)c1)N(CC)CC. The minimum absolute atomic E-state index is 0.664. The maximum Gasteiger partial charge on any atom is 0.245 e. The lowest BCUT2D eigenvalue weighted by Gasteiger charge is -2.37. The second-order valence-electron chi connectivity index (χ2n) is 4.42. The standard InChI is InChI=1S/C14H26N3OP/c1-5-16(6-2)19(18,17(7-3)8-4)14-11-9-10-13(15)12-14/h9-12H,5-8,15H2,1-4H3. The van der Waals surface area contributed by atoms with Gasteiger partial charge in [-0.2, -0.15) is 0 Å². The van der Waals surface area contributed by atoms with Gasteiger partial charge in [-0.15, -0.1) is 0 Å². The molecule has 0 fully saturated rings. The van der Waals surface area contributed by atoms with Crippen molar-refractivity contribution in [2.45, 2.75) is 27.7 Å². The minimum atomic E-state index is -2.73. The second kappa shape index (κ2) is 7.09. The van der Waals surface area contributed by atoms with Crippen LogP contribution in [0.5, 0.6) is 0 Å². The van der Waals surface area contributed by atoms with Crippen LogP contribution in [0.25, 0.3) is 0 Å². The molecule has 0 bridgehead atoms. The van der Waals surface area contributed by atoms with E-state index in [1.54, 1.807) is 0 Å². The average molecular weight is 283 g/mol. The Balaban J connectivity index is 3.37. The van der Waals surface area contributed by atoms with Gasteiger partial charge in [-0.25, -0.2) is 9.34 Å². The first-order valence-corrected chi connectivity index (χ1v) is 8.62. The lowest BCUT2D eigenvalue weighted by atomic mass is 10.3. The highest BCUT2D eigenvalue weighted by Gasteiger charge is 2.35. The highest BCUT2D eigenvalue weighted by atomic mass is 31.2. The largest absolute Gasteiger partial charge is 0.399 e. The molecule has 0 aliphatic rings. The fourth-order valence-electron chi connectivity index (χ4n) is 2.43. The first-order valence-electron chi connectivity index (χ1n) is 7.01. The number of hydrogen-bond acceptors (Lipinski definition) is 2. The lowest BCUT2D eigenvalue weighted by molar-refractivity contribution is 0.369. The molecule has 0 atom stereocenters. The Bertz CT molecular complexity index is 426. The molecule has 1 rings (SSSR count). The van der Waals surface area contributed by atoms with E-state index in [9.17, 15) is 4.57 Å². The fourth-order valence-corrected chi connectivity index (χ4v) is 5.57. The van der Waals surface area contributed by atoms with Crippen molar-refractivity contribution in [3.8, 4) is 0 Å². The Hall–Kier alpha value is -0.830. The predicted molar refractivity (Wildman–Crippen MR) is 83.9 cm³/mol. The van der Waals surface area contributed by atoms with Crippen LogP contribution < -0.4 is 11.0 Å². The normalized spacial score (nSPS) is 12.3. The molecular formula is C14H26N3OP. The van der Waals surface area contributed by atoms with Crippen LogP contribution in [0.3, 0.4) is 0 Å². The van der Waals surface area contributed by atoms with Crippen LogP contribution in [0, 0.1) is 0 Å². The molecule has 0 radical (unpaired) electrons. The number of nitrogens with zero attached hydrogens (tertiary/aromatic N) is 2. The van der Waals surface area contributed by atoms with Gasteiger partial charge in [0.25, 0.3) is 0 Å². The van der Waals surface area contributed by atoms with Crippen LogP contribution in [0.4, 0.5) is 5.69 Å². The molecule has 5 heteroatoms. The molecule has 0 spiro atoms. The molecule has 0 aliphatic carbocycles. The minimum Gasteiger partial charge on any atom is -0.399 e. The van der Waals surface area contributed by atoms with E-state index in [0.29, 0.717) is 5.69 Å². The molecule has 0 saturated carbocycles. The third-order valence-electron chi connectivity index (χ3n) is 3.43. The summed E-state index contributed by atoms with van der Waals surface area (Å²) in [5, 5.41) is 0.833. The van der Waals surface area contributed by atoms with Crippen molar-refractivity contribution in [2.75, 3.05) is 31.9 Å². The first-order chi connectivity index (χ1) is 9.04. The molecule has 0 amide bonds. The summed E-state index contributed by atoms with van der Waals surface area (Å²) < 4.78 is 17.8. The fraction of sp³-hybridized carbons (Fsp3) is 0.571. The molecular weight excluding hydrogens is 257 g/mol. The maximum atomic E-state index is 13.7. The maximum absolute atomic E-state index is 13.7. The molecule has 108 valence electrons. The lowest BCUT2D eigenvalue weighted by Crippen LogP contribution is -2.37. The van der Waals surface area contributed by atoms with E-state index >= 15 is 0 Å². The number of benzene rings is 1. The summed E-state index contributed by atoms with van der Waals surface area (Å²) in [4.78, 5) is 0. The first kappa shape index (κ1) is 16.2. The van der Waals surface area contributed by atoms with Gasteiger partial charge < -0.3 is 5.73 Å². The summed E-state index contributed by atoms with van der Waals surface area (Å²) in [6.45, 7) is 11.2. The van der Waals surface area contributed by atoms with Gasteiger partial charge in [-0.1, -0.05) is 33.8 Å². The Morgan fingerprint density at radius 2 is 1.47 bits per heavy atom.